The highest BCUT2D eigenvalue weighted by Crippen LogP contribution is 2.00. The van der Waals surface area contributed by atoms with Crippen molar-refractivity contribution in [3.63, 3.8) is 0 Å². The van der Waals surface area contributed by atoms with E-state index in [1.165, 1.54) is 22.9 Å². The minimum absolute atomic E-state index is 0.151. The monoisotopic (exact) mass is 259 g/mol. The second kappa shape index (κ2) is 5.81. The maximum absolute atomic E-state index is 11.6. The van der Waals surface area contributed by atoms with Gasteiger partial charge in [-0.2, -0.15) is 0 Å². The zero-order valence-electron chi connectivity index (χ0n) is 10.2. The van der Waals surface area contributed by atoms with E-state index in [9.17, 15) is 9.59 Å². The van der Waals surface area contributed by atoms with Gasteiger partial charge in [0.05, 0.1) is 0 Å². The van der Waals surface area contributed by atoms with E-state index in [0.717, 1.165) is 5.56 Å². The summed E-state index contributed by atoms with van der Waals surface area (Å²) in [4.78, 5) is 26.9. The van der Waals surface area contributed by atoms with Crippen LogP contribution in [0.25, 0.3) is 0 Å². The zero-order valence-corrected chi connectivity index (χ0v) is 10.2. The van der Waals surface area contributed by atoms with Gasteiger partial charge in [-0.25, -0.2) is 0 Å². The summed E-state index contributed by atoms with van der Waals surface area (Å²) in [6.07, 6.45) is 4.65. The molecule has 2 N–H and O–H groups in total. The molecule has 0 atom stereocenters. The van der Waals surface area contributed by atoms with Crippen molar-refractivity contribution in [3.8, 4) is 0 Å². The maximum atomic E-state index is 11.6. The van der Waals surface area contributed by atoms with Crippen molar-refractivity contribution in [3.05, 3.63) is 58.8 Å². The predicted octanol–water partition coefficient (Wildman–Crippen LogP) is 0.569. The molecule has 0 bridgehead atoms. The molecule has 98 valence electrons. The molecule has 6 nitrogen and oxygen atoms in total. The van der Waals surface area contributed by atoms with Crippen molar-refractivity contribution in [1.29, 1.82) is 0 Å². The topological polar surface area (TPSA) is 87.2 Å². The third-order valence-corrected chi connectivity index (χ3v) is 2.45. The van der Waals surface area contributed by atoms with Crippen molar-refractivity contribution in [2.75, 3.05) is 5.73 Å². The largest absolute Gasteiger partial charge is 0.459 e. The van der Waals surface area contributed by atoms with Gasteiger partial charge in [0.1, 0.15) is 13.2 Å². The zero-order chi connectivity index (χ0) is 13.7. The fraction of sp³-hybridized carbons (Fsp3) is 0.154. The van der Waals surface area contributed by atoms with Crippen LogP contribution >= 0.6 is 0 Å². The van der Waals surface area contributed by atoms with E-state index < -0.39 is 5.97 Å². The second-order valence-electron chi connectivity index (χ2n) is 3.94. The lowest BCUT2D eigenvalue weighted by Gasteiger charge is -2.07. The molecule has 0 radical (unpaired) electrons. The van der Waals surface area contributed by atoms with Crippen LogP contribution in [0.2, 0.25) is 0 Å². The van der Waals surface area contributed by atoms with Crippen LogP contribution in [0.5, 0.6) is 0 Å². The van der Waals surface area contributed by atoms with E-state index in [2.05, 4.69) is 4.98 Å². The van der Waals surface area contributed by atoms with Crippen LogP contribution in [-0.4, -0.2) is 15.5 Å². The lowest BCUT2D eigenvalue weighted by atomic mass is 10.3. The van der Waals surface area contributed by atoms with Crippen LogP contribution in [0.1, 0.15) is 5.56 Å². The van der Waals surface area contributed by atoms with Crippen LogP contribution in [0.3, 0.4) is 0 Å². The normalized spacial score (nSPS) is 10.1. The van der Waals surface area contributed by atoms with Gasteiger partial charge in [-0.15, -0.1) is 0 Å². The van der Waals surface area contributed by atoms with Gasteiger partial charge in [0.25, 0.3) is 5.56 Å². The van der Waals surface area contributed by atoms with Gasteiger partial charge in [0.15, 0.2) is 0 Å². The van der Waals surface area contributed by atoms with Crippen LogP contribution in [0.4, 0.5) is 5.69 Å². The van der Waals surface area contributed by atoms with Crippen LogP contribution in [0.15, 0.2) is 47.7 Å². The van der Waals surface area contributed by atoms with Gasteiger partial charge in [0.2, 0.25) is 0 Å². The standard InChI is InChI=1S/C13H13N3O3/c14-11-1-2-12(17)16(7-11)8-13(18)19-9-10-3-5-15-6-4-10/h1-7H,8-9,14H2. The Labute approximate surface area is 109 Å². The number of carbonyl (C=O) groups is 1. The summed E-state index contributed by atoms with van der Waals surface area (Å²) in [5, 5.41) is 0. The van der Waals surface area contributed by atoms with Gasteiger partial charge in [-0.3, -0.25) is 14.6 Å². The van der Waals surface area contributed by atoms with Crippen molar-refractivity contribution in [1.82, 2.24) is 9.55 Å². The van der Waals surface area contributed by atoms with E-state index in [0.29, 0.717) is 5.69 Å². The van der Waals surface area contributed by atoms with Gasteiger partial charge < -0.3 is 15.0 Å². The first-order chi connectivity index (χ1) is 9.15. The Morgan fingerprint density at radius 3 is 2.74 bits per heavy atom. The average molecular weight is 259 g/mol. The van der Waals surface area contributed by atoms with Gasteiger partial charge in [0, 0.05) is 30.3 Å². The number of pyridine rings is 2. The SMILES string of the molecule is Nc1ccc(=O)n(CC(=O)OCc2ccncc2)c1. The minimum Gasteiger partial charge on any atom is -0.459 e. The second-order valence-corrected chi connectivity index (χ2v) is 3.94. The molecule has 0 aliphatic rings. The summed E-state index contributed by atoms with van der Waals surface area (Å²) in [5.41, 5.74) is 6.51. The number of aromatic nitrogens is 2. The molecule has 0 saturated carbocycles. The Hall–Kier alpha value is -2.63. The first kappa shape index (κ1) is 12.8. The molecule has 0 amide bonds. The number of anilines is 1. The Morgan fingerprint density at radius 2 is 2.00 bits per heavy atom. The number of rotatable bonds is 4. The molecule has 19 heavy (non-hydrogen) atoms. The molecule has 2 aromatic rings. The molecule has 0 unspecified atom stereocenters. The number of ether oxygens (including phenoxy) is 1. The van der Waals surface area contributed by atoms with Gasteiger partial charge >= 0.3 is 5.97 Å². The third kappa shape index (κ3) is 3.67. The first-order valence-corrected chi connectivity index (χ1v) is 5.65. The Kier molecular flexibility index (Phi) is 3.92. The smallest absolute Gasteiger partial charge is 0.326 e. The first-order valence-electron chi connectivity index (χ1n) is 5.65. The molecule has 6 heteroatoms. The summed E-state index contributed by atoms with van der Waals surface area (Å²) in [6.45, 7) is -0.00657. The summed E-state index contributed by atoms with van der Waals surface area (Å²) in [5.74, 6) is -0.496. The molecular weight excluding hydrogens is 246 g/mol. The predicted molar refractivity (Wildman–Crippen MR) is 69.1 cm³/mol. The Bertz CT molecular complexity index is 623. The number of nitrogen functional groups attached to an aromatic ring is 1. The highest BCUT2D eigenvalue weighted by atomic mass is 16.5. The van der Waals surface area contributed by atoms with Crippen molar-refractivity contribution in [2.24, 2.45) is 0 Å². The van der Waals surface area contributed by atoms with Gasteiger partial charge in [-0.1, -0.05) is 0 Å². The molecule has 0 fully saturated rings. The molecule has 2 heterocycles. The summed E-state index contributed by atoms with van der Waals surface area (Å²) < 4.78 is 6.27. The van der Waals surface area contributed by atoms with E-state index in [4.69, 9.17) is 10.5 Å². The van der Waals surface area contributed by atoms with Crippen molar-refractivity contribution < 1.29 is 9.53 Å². The van der Waals surface area contributed by atoms with E-state index in [1.54, 1.807) is 24.5 Å². The summed E-state index contributed by atoms with van der Waals surface area (Å²) in [6, 6.07) is 6.30. The number of carbonyl (C=O) groups excluding carboxylic acids is 1. The highest BCUT2D eigenvalue weighted by molar-refractivity contribution is 5.69. The fourth-order valence-corrected chi connectivity index (χ4v) is 1.50. The molecule has 0 aromatic carbocycles. The van der Waals surface area contributed by atoms with E-state index in [-0.39, 0.29) is 18.7 Å². The molecule has 0 aliphatic heterocycles. The van der Waals surface area contributed by atoms with Crippen molar-refractivity contribution in [2.45, 2.75) is 13.2 Å². The lowest BCUT2D eigenvalue weighted by Crippen LogP contribution is -2.24. The summed E-state index contributed by atoms with van der Waals surface area (Å²) >= 11 is 0. The van der Waals surface area contributed by atoms with Crippen molar-refractivity contribution >= 4 is 11.7 Å². The van der Waals surface area contributed by atoms with E-state index in [1.807, 2.05) is 0 Å². The number of hydrogen-bond acceptors (Lipinski definition) is 5. The molecule has 0 aliphatic carbocycles. The third-order valence-electron chi connectivity index (χ3n) is 2.45. The number of hydrogen-bond donors (Lipinski definition) is 1. The quantitative estimate of drug-likeness (QED) is 0.811. The average Bonchev–Trinajstić information content (AvgIpc) is 2.42. The molecule has 0 saturated heterocycles. The molecule has 0 spiro atoms. The van der Waals surface area contributed by atoms with E-state index >= 15 is 0 Å². The molecule has 2 aromatic heterocycles. The molecular formula is C13H13N3O3. The Balaban J connectivity index is 1.95. The molecule has 2 rings (SSSR count). The lowest BCUT2D eigenvalue weighted by molar-refractivity contribution is -0.145. The van der Waals surface area contributed by atoms with Crippen LogP contribution in [-0.2, 0) is 22.7 Å². The van der Waals surface area contributed by atoms with Crippen LogP contribution < -0.4 is 11.3 Å². The minimum atomic E-state index is -0.496. The summed E-state index contributed by atoms with van der Waals surface area (Å²) in [7, 11) is 0. The number of nitrogens with two attached hydrogens (primary N) is 1. The number of esters is 1. The fourth-order valence-electron chi connectivity index (χ4n) is 1.50. The van der Waals surface area contributed by atoms with Crippen LogP contribution in [0, 0.1) is 0 Å². The maximum Gasteiger partial charge on any atom is 0.326 e. The van der Waals surface area contributed by atoms with Gasteiger partial charge in [-0.05, 0) is 23.8 Å². The number of nitrogens with zero attached hydrogens (tertiary/aromatic N) is 2. The Morgan fingerprint density at radius 1 is 1.26 bits per heavy atom. The highest BCUT2D eigenvalue weighted by Gasteiger charge is 2.06.